The molecule has 0 saturated carbocycles. The van der Waals surface area contributed by atoms with Gasteiger partial charge in [0, 0.05) is 5.56 Å². The molecule has 0 heterocycles. The standard InChI is InChI=1S/C15H14O4/c1-18-12-8-10(7-11(9-12)15(16)17)13-5-3-4-6-14(13)19-2/h3-9H,1-2H3,(H,16,17). The first-order valence-corrected chi connectivity index (χ1v) is 5.71. The molecule has 0 atom stereocenters. The van der Waals surface area contributed by atoms with Crippen LogP contribution < -0.4 is 9.47 Å². The van der Waals surface area contributed by atoms with Crippen LogP contribution >= 0.6 is 0 Å². The average Bonchev–Trinajstić information content (AvgIpc) is 2.46. The average molecular weight is 258 g/mol. The SMILES string of the molecule is COc1cc(C(=O)O)cc(-c2ccccc2OC)c1. The number of hydrogen-bond acceptors (Lipinski definition) is 3. The zero-order valence-electron chi connectivity index (χ0n) is 10.7. The van der Waals surface area contributed by atoms with E-state index in [1.807, 2.05) is 24.3 Å². The predicted molar refractivity (Wildman–Crippen MR) is 71.9 cm³/mol. The van der Waals surface area contributed by atoms with Crippen molar-refractivity contribution in [2.24, 2.45) is 0 Å². The van der Waals surface area contributed by atoms with E-state index >= 15 is 0 Å². The summed E-state index contributed by atoms with van der Waals surface area (Å²) in [5.74, 6) is 0.197. The summed E-state index contributed by atoms with van der Waals surface area (Å²) in [6.07, 6.45) is 0. The third kappa shape index (κ3) is 2.68. The van der Waals surface area contributed by atoms with E-state index in [-0.39, 0.29) is 5.56 Å². The highest BCUT2D eigenvalue weighted by Crippen LogP contribution is 2.32. The molecule has 0 unspecified atom stereocenters. The van der Waals surface area contributed by atoms with Crippen LogP contribution in [0.5, 0.6) is 11.5 Å². The molecule has 0 aliphatic heterocycles. The van der Waals surface area contributed by atoms with Gasteiger partial charge < -0.3 is 14.6 Å². The van der Waals surface area contributed by atoms with E-state index in [1.54, 1.807) is 19.2 Å². The summed E-state index contributed by atoms with van der Waals surface area (Å²) in [7, 11) is 3.09. The van der Waals surface area contributed by atoms with Crippen LogP contribution in [0.4, 0.5) is 0 Å². The van der Waals surface area contributed by atoms with Gasteiger partial charge in [0.1, 0.15) is 11.5 Å². The molecule has 19 heavy (non-hydrogen) atoms. The van der Waals surface area contributed by atoms with Crippen LogP contribution in [0.15, 0.2) is 42.5 Å². The third-order valence-electron chi connectivity index (χ3n) is 2.81. The minimum atomic E-state index is -0.991. The molecule has 4 nitrogen and oxygen atoms in total. The lowest BCUT2D eigenvalue weighted by atomic mass is 10.0. The molecule has 98 valence electrons. The van der Waals surface area contributed by atoms with Crippen molar-refractivity contribution in [1.29, 1.82) is 0 Å². The van der Waals surface area contributed by atoms with Crippen molar-refractivity contribution < 1.29 is 19.4 Å². The van der Waals surface area contributed by atoms with E-state index in [4.69, 9.17) is 14.6 Å². The van der Waals surface area contributed by atoms with Gasteiger partial charge in [-0.2, -0.15) is 0 Å². The van der Waals surface area contributed by atoms with Crippen molar-refractivity contribution in [3.05, 3.63) is 48.0 Å². The molecule has 0 saturated heterocycles. The molecule has 4 heteroatoms. The van der Waals surface area contributed by atoms with Gasteiger partial charge in [-0.05, 0) is 29.8 Å². The van der Waals surface area contributed by atoms with Gasteiger partial charge in [0.05, 0.1) is 19.8 Å². The first-order valence-electron chi connectivity index (χ1n) is 5.71. The maximum absolute atomic E-state index is 11.1. The minimum Gasteiger partial charge on any atom is -0.497 e. The van der Waals surface area contributed by atoms with E-state index in [0.29, 0.717) is 11.5 Å². The van der Waals surface area contributed by atoms with Gasteiger partial charge in [-0.3, -0.25) is 0 Å². The highest BCUT2D eigenvalue weighted by atomic mass is 16.5. The second-order valence-corrected chi connectivity index (χ2v) is 3.96. The Morgan fingerprint density at radius 1 is 1.05 bits per heavy atom. The molecule has 2 aromatic carbocycles. The molecular formula is C15H14O4. The van der Waals surface area contributed by atoms with Gasteiger partial charge >= 0.3 is 5.97 Å². The molecule has 2 rings (SSSR count). The minimum absolute atomic E-state index is 0.181. The summed E-state index contributed by atoms with van der Waals surface area (Å²) in [4.78, 5) is 11.1. The lowest BCUT2D eigenvalue weighted by Crippen LogP contribution is -1.98. The van der Waals surface area contributed by atoms with Gasteiger partial charge in [-0.25, -0.2) is 4.79 Å². The fraction of sp³-hybridized carbons (Fsp3) is 0.133. The van der Waals surface area contributed by atoms with Crippen LogP contribution in [0, 0.1) is 0 Å². The number of carboxylic acid groups (broad SMARTS) is 1. The molecule has 0 bridgehead atoms. The summed E-state index contributed by atoms with van der Waals surface area (Å²) in [5.41, 5.74) is 1.75. The second kappa shape index (κ2) is 5.44. The smallest absolute Gasteiger partial charge is 0.335 e. The monoisotopic (exact) mass is 258 g/mol. The Balaban J connectivity index is 2.61. The Kier molecular flexibility index (Phi) is 3.71. The van der Waals surface area contributed by atoms with Crippen LogP contribution in [-0.4, -0.2) is 25.3 Å². The number of carbonyl (C=O) groups is 1. The molecule has 0 aromatic heterocycles. The van der Waals surface area contributed by atoms with E-state index in [9.17, 15) is 4.79 Å². The molecule has 1 N–H and O–H groups in total. The van der Waals surface area contributed by atoms with Gasteiger partial charge in [0.25, 0.3) is 0 Å². The van der Waals surface area contributed by atoms with Gasteiger partial charge in [0.15, 0.2) is 0 Å². The topological polar surface area (TPSA) is 55.8 Å². The summed E-state index contributed by atoms with van der Waals surface area (Å²) in [6.45, 7) is 0. The molecular weight excluding hydrogens is 244 g/mol. The molecule has 0 radical (unpaired) electrons. The first-order chi connectivity index (χ1) is 9.15. The molecule has 0 amide bonds. The zero-order chi connectivity index (χ0) is 13.8. The molecule has 0 aliphatic rings. The number of para-hydroxylation sites is 1. The number of aromatic carboxylic acids is 1. The van der Waals surface area contributed by atoms with E-state index in [0.717, 1.165) is 11.1 Å². The first kappa shape index (κ1) is 13.0. The number of rotatable bonds is 4. The number of carboxylic acids is 1. The van der Waals surface area contributed by atoms with Crippen LogP contribution in [0.2, 0.25) is 0 Å². The summed E-state index contributed by atoms with van der Waals surface area (Å²) in [5, 5.41) is 9.12. The molecule has 0 aliphatic carbocycles. The van der Waals surface area contributed by atoms with Crippen LogP contribution in [0.1, 0.15) is 10.4 Å². The lowest BCUT2D eigenvalue weighted by Gasteiger charge is -2.10. The lowest BCUT2D eigenvalue weighted by molar-refractivity contribution is 0.0696. The maximum atomic E-state index is 11.1. The van der Waals surface area contributed by atoms with Crippen molar-refractivity contribution in [3.63, 3.8) is 0 Å². The van der Waals surface area contributed by atoms with Crippen LogP contribution in [-0.2, 0) is 0 Å². The quantitative estimate of drug-likeness (QED) is 0.915. The predicted octanol–water partition coefficient (Wildman–Crippen LogP) is 3.07. The zero-order valence-corrected chi connectivity index (χ0v) is 10.7. The largest absolute Gasteiger partial charge is 0.497 e. The number of hydrogen-bond donors (Lipinski definition) is 1. The summed E-state index contributed by atoms with van der Waals surface area (Å²) in [6, 6.07) is 12.3. The van der Waals surface area contributed by atoms with Gasteiger partial charge in [0.2, 0.25) is 0 Å². The summed E-state index contributed by atoms with van der Waals surface area (Å²) < 4.78 is 10.4. The van der Waals surface area contributed by atoms with Crippen LogP contribution in [0.25, 0.3) is 11.1 Å². The summed E-state index contributed by atoms with van der Waals surface area (Å²) >= 11 is 0. The van der Waals surface area contributed by atoms with E-state index < -0.39 is 5.97 Å². The Bertz CT molecular complexity index is 605. The Labute approximate surface area is 111 Å². The van der Waals surface area contributed by atoms with E-state index in [2.05, 4.69) is 0 Å². The van der Waals surface area contributed by atoms with Gasteiger partial charge in [-0.15, -0.1) is 0 Å². The highest BCUT2D eigenvalue weighted by molar-refractivity contribution is 5.90. The Hall–Kier alpha value is -2.49. The highest BCUT2D eigenvalue weighted by Gasteiger charge is 2.11. The third-order valence-corrected chi connectivity index (χ3v) is 2.81. The number of methoxy groups -OCH3 is 2. The molecule has 0 spiro atoms. The van der Waals surface area contributed by atoms with Gasteiger partial charge in [-0.1, -0.05) is 18.2 Å². The fourth-order valence-electron chi connectivity index (χ4n) is 1.88. The second-order valence-electron chi connectivity index (χ2n) is 3.96. The van der Waals surface area contributed by atoms with E-state index in [1.165, 1.54) is 13.2 Å². The van der Waals surface area contributed by atoms with Crippen LogP contribution in [0.3, 0.4) is 0 Å². The van der Waals surface area contributed by atoms with Crippen molar-refractivity contribution in [1.82, 2.24) is 0 Å². The fourth-order valence-corrected chi connectivity index (χ4v) is 1.88. The number of benzene rings is 2. The normalized spacial score (nSPS) is 10.0. The molecule has 2 aromatic rings. The number of ether oxygens (including phenoxy) is 2. The van der Waals surface area contributed by atoms with Crippen molar-refractivity contribution >= 4 is 5.97 Å². The van der Waals surface area contributed by atoms with Crippen molar-refractivity contribution in [3.8, 4) is 22.6 Å². The Morgan fingerprint density at radius 3 is 2.42 bits per heavy atom. The Morgan fingerprint density at radius 2 is 1.79 bits per heavy atom. The molecule has 0 fully saturated rings. The van der Waals surface area contributed by atoms with Crippen molar-refractivity contribution in [2.75, 3.05) is 14.2 Å². The maximum Gasteiger partial charge on any atom is 0.335 e. The van der Waals surface area contributed by atoms with Crippen molar-refractivity contribution in [2.45, 2.75) is 0 Å².